The molecule has 0 radical (unpaired) electrons. The molecular formula is C15H10IN9O3. The van der Waals surface area contributed by atoms with Crippen LogP contribution in [0.3, 0.4) is 0 Å². The van der Waals surface area contributed by atoms with Gasteiger partial charge >= 0.3 is 0 Å². The fourth-order valence-electron chi connectivity index (χ4n) is 2.73. The number of nitro benzene ring substituents is 1. The Morgan fingerprint density at radius 1 is 1.39 bits per heavy atom. The van der Waals surface area contributed by atoms with Crippen molar-refractivity contribution in [2.24, 2.45) is 4.99 Å². The Morgan fingerprint density at radius 2 is 2.11 bits per heavy atom. The maximum absolute atomic E-state index is 11.2. The molecule has 2 aromatic rings. The standard InChI is InChI=1S/C15H10IN9O3/c16-8-2-5(25(27)28)1-6(12(8)26)11-9-10(19)7(3-17)13(20)23-14(9)24-15(22-11)21-4-18/h1-2,11,26H,(H6,19,20,21,22,23,24). The molecule has 1 aromatic carbocycles. The second-order valence-corrected chi connectivity index (χ2v) is 6.69. The van der Waals surface area contributed by atoms with Gasteiger partial charge in [-0.15, -0.1) is 0 Å². The smallest absolute Gasteiger partial charge is 0.271 e. The van der Waals surface area contributed by atoms with Gasteiger partial charge in [-0.3, -0.25) is 15.4 Å². The number of nitriles is 2. The number of halogens is 1. The van der Waals surface area contributed by atoms with Crippen molar-refractivity contribution in [1.29, 1.82) is 10.5 Å². The molecular weight excluding hydrogens is 481 g/mol. The quantitative estimate of drug-likeness (QED) is 0.133. The van der Waals surface area contributed by atoms with Crippen LogP contribution in [0, 0.1) is 36.5 Å². The number of nitrogens with zero attached hydrogens (tertiary/aromatic N) is 5. The number of anilines is 3. The summed E-state index contributed by atoms with van der Waals surface area (Å²) in [5.41, 5.74) is 11.7. The monoisotopic (exact) mass is 491 g/mol. The number of non-ortho nitro benzene ring substituents is 1. The summed E-state index contributed by atoms with van der Waals surface area (Å²) in [6.45, 7) is 0. The molecule has 0 aliphatic carbocycles. The zero-order valence-corrected chi connectivity index (χ0v) is 15.9. The van der Waals surface area contributed by atoms with Crippen LogP contribution in [0.4, 0.5) is 23.0 Å². The van der Waals surface area contributed by atoms with E-state index in [9.17, 15) is 20.5 Å². The number of nitro groups is 1. The lowest BCUT2D eigenvalue weighted by Gasteiger charge is -2.26. The summed E-state index contributed by atoms with van der Waals surface area (Å²) in [6, 6.07) is 3.11. The largest absolute Gasteiger partial charge is 0.506 e. The number of aromatic nitrogens is 1. The second kappa shape index (κ2) is 7.05. The predicted molar refractivity (Wildman–Crippen MR) is 107 cm³/mol. The lowest BCUT2D eigenvalue weighted by Crippen LogP contribution is -2.32. The van der Waals surface area contributed by atoms with Crippen LogP contribution in [0.2, 0.25) is 0 Å². The van der Waals surface area contributed by atoms with Gasteiger partial charge in [0.15, 0.2) is 6.19 Å². The molecule has 1 atom stereocenters. The average Bonchev–Trinajstić information content (AvgIpc) is 2.63. The normalized spacial score (nSPS) is 14.7. The van der Waals surface area contributed by atoms with Gasteiger partial charge in [0.05, 0.1) is 14.2 Å². The fraction of sp³-hybridized carbons (Fsp3) is 0.0667. The number of fused-ring (bicyclic) bond motifs is 1. The van der Waals surface area contributed by atoms with Crippen molar-refractivity contribution in [3.05, 3.63) is 42.5 Å². The molecule has 0 saturated heterocycles. The van der Waals surface area contributed by atoms with Crippen LogP contribution < -0.4 is 22.1 Å². The number of aliphatic imine (C=N–C) groups is 1. The zero-order chi connectivity index (χ0) is 20.6. The van der Waals surface area contributed by atoms with Crippen molar-refractivity contribution in [1.82, 2.24) is 10.3 Å². The van der Waals surface area contributed by atoms with E-state index in [2.05, 4.69) is 20.6 Å². The van der Waals surface area contributed by atoms with Gasteiger partial charge in [-0.1, -0.05) is 0 Å². The highest BCUT2D eigenvalue weighted by Gasteiger charge is 2.32. The summed E-state index contributed by atoms with van der Waals surface area (Å²) < 4.78 is 0.217. The highest BCUT2D eigenvalue weighted by Crippen LogP contribution is 2.45. The van der Waals surface area contributed by atoms with Crippen LogP contribution >= 0.6 is 22.6 Å². The molecule has 1 aromatic heterocycles. The Balaban J connectivity index is 2.34. The first-order valence-electron chi connectivity index (χ1n) is 7.44. The predicted octanol–water partition coefficient (Wildman–Crippen LogP) is 1.28. The first kappa shape index (κ1) is 18.9. The summed E-state index contributed by atoms with van der Waals surface area (Å²) in [6.07, 6.45) is 1.69. The first-order valence-corrected chi connectivity index (χ1v) is 8.52. The molecule has 1 aliphatic rings. The third kappa shape index (κ3) is 3.03. The molecule has 1 unspecified atom stereocenters. The first-order chi connectivity index (χ1) is 13.3. The molecule has 12 nitrogen and oxygen atoms in total. The minimum atomic E-state index is -1.08. The molecule has 28 heavy (non-hydrogen) atoms. The Bertz CT molecular complexity index is 1130. The number of aromatic hydroxyl groups is 1. The van der Waals surface area contributed by atoms with Crippen LogP contribution in [-0.2, 0) is 0 Å². The number of nitrogen functional groups attached to an aromatic ring is 2. The number of nitrogens with one attached hydrogen (secondary N) is 2. The van der Waals surface area contributed by atoms with Crippen molar-refractivity contribution in [2.75, 3.05) is 16.8 Å². The van der Waals surface area contributed by atoms with E-state index in [0.29, 0.717) is 0 Å². The minimum absolute atomic E-state index is 0.0306. The number of phenols is 1. The molecule has 7 N–H and O–H groups in total. The van der Waals surface area contributed by atoms with Gasteiger partial charge in [-0.25, -0.2) is 9.98 Å². The number of phenolic OH excluding ortho intramolecular Hbond substituents is 1. The Kier molecular flexibility index (Phi) is 4.76. The molecule has 0 fully saturated rings. The van der Waals surface area contributed by atoms with Gasteiger partial charge in [-0.2, -0.15) is 10.5 Å². The molecule has 0 bridgehead atoms. The number of hydrogen-bond acceptors (Lipinski definition) is 11. The van der Waals surface area contributed by atoms with E-state index in [0.717, 1.165) is 6.07 Å². The van der Waals surface area contributed by atoms with Crippen molar-refractivity contribution < 1.29 is 10.0 Å². The molecule has 0 spiro atoms. The Morgan fingerprint density at radius 3 is 2.71 bits per heavy atom. The van der Waals surface area contributed by atoms with Crippen LogP contribution in [0.1, 0.15) is 22.7 Å². The molecule has 3 rings (SSSR count). The molecule has 13 heteroatoms. The number of rotatable bonds is 2. The summed E-state index contributed by atoms with van der Waals surface area (Å²) in [4.78, 5) is 19.0. The van der Waals surface area contributed by atoms with E-state index in [1.54, 1.807) is 28.8 Å². The highest BCUT2D eigenvalue weighted by atomic mass is 127. The van der Waals surface area contributed by atoms with Crippen molar-refractivity contribution >= 4 is 51.6 Å². The summed E-state index contributed by atoms with van der Waals surface area (Å²) in [5.74, 6) is -0.315. The van der Waals surface area contributed by atoms with E-state index in [-0.39, 0.29) is 55.0 Å². The van der Waals surface area contributed by atoms with Crippen molar-refractivity contribution in [3.8, 4) is 18.0 Å². The number of pyridine rings is 1. The van der Waals surface area contributed by atoms with Gasteiger partial charge in [0.2, 0.25) is 5.96 Å². The van der Waals surface area contributed by atoms with Gasteiger partial charge in [-0.05, 0) is 22.6 Å². The van der Waals surface area contributed by atoms with E-state index < -0.39 is 11.0 Å². The SMILES string of the molecule is N#CNC1=NC(c2cc([N+](=O)[O-])cc(I)c2O)c2c(nc(N)c(C#N)c2N)N1. The van der Waals surface area contributed by atoms with Crippen LogP contribution in [0.15, 0.2) is 17.1 Å². The van der Waals surface area contributed by atoms with Crippen molar-refractivity contribution in [2.45, 2.75) is 6.04 Å². The number of nitrogens with two attached hydrogens (primary N) is 2. The number of benzene rings is 1. The van der Waals surface area contributed by atoms with E-state index in [1.165, 1.54) is 6.07 Å². The van der Waals surface area contributed by atoms with Gasteiger partial charge in [0, 0.05) is 23.3 Å². The third-order valence-corrected chi connectivity index (χ3v) is 4.76. The van der Waals surface area contributed by atoms with Crippen LogP contribution in [-0.4, -0.2) is 21.0 Å². The highest BCUT2D eigenvalue weighted by molar-refractivity contribution is 14.1. The third-order valence-electron chi connectivity index (χ3n) is 3.94. The minimum Gasteiger partial charge on any atom is -0.506 e. The molecule has 0 saturated carbocycles. The lowest BCUT2D eigenvalue weighted by molar-refractivity contribution is -0.385. The Labute approximate surface area is 170 Å². The average molecular weight is 491 g/mol. The van der Waals surface area contributed by atoms with E-state index in [1.807, 2.05) is 6.07 Å². The number of guanidine groups is 1. The maximum Gasteiger partial charge on any atom is 0.271 e. The summed E-state index contributed by atoms with van der Waals surface area (Å²) in [5, 5.41) is 45.0. The van der Waals surface area contributed by atoms with Crippen molar-refractivity contribution in [3.63, 3.8) is 0 Å². The maximum atomic E-state index is 11.2. The van der Waals surface area contributed by atoms with Gasteiger partial charge in [0.1, 0.15) is 35.1 Å². The Hall–Kier alpha value is -3.85. The van der Waals surface area contributed by atoms with Gasteiger partial charge in [0.25, 0.3) is 5.69 Å². The van der Waals surface area contributed by atoms with Gasteiger partial charge < -0.3 is 21.9 Å². The van der Waals surface area contributed by atoms with Crippen LogP contribution in [0.25, 0.3) is 0 Å². The zero-order valence-electron chi connectivity index (χ0n) is 13.8. The molecule has 1 aliphatic heterocycles. The summed E-state index contributed by atoms with van der Waals surface area (Å²) >= 11 is 1.75. The van der Waals surface area contributed by atoms with E-state index in [4.69, 9.17) is 16.7 Å². The number of hydrogen-bond donors (Lipinski definition) is 5. The molecule has 2 heterocycles. The topological polar surface area (TPSA) is 212 Å². The summed E-state index contributed by atoms with van der Waals surface area (Å²) in [7, 11) is 0. The second-order valence-electron chi connectivity index (χ2n) is 5.52. The fourth-order valence-corrected chi connectivity index (χ4v) is 3.36. The molecule has 0 amide bonds. The van der Waals surface area contributed by atoms with E-state index >= 15 is 0 Å². The molecule has 140 valence electrons. The lowest BCUT2D eigenvalue weighted by atomic mass is 9.94. The van der Waals surface area contributed by atoms with Crippen LogP contribution in [0.5, 0.6) is 5.75 Å².